The first-order valence-electron chi connectivity index (χ1n) is 7.13. The third-order valence-electron chi connectivity index (χ3n) is 3.80. The van der Waals surface area contributed by atoms with E-state index in [1.165, 1.54) is 6.07 Å². The number of nitriles is 1. The Balaban J connectivity index is 2.29. The van der Waals surface area contributed by atoms with Crippen molar-refractivity contribution in [3.8, 4) is 34.2 Å². The number of aromatic nitrogens is 3. The molecular weight excluding hydrogens is 326 g/mol. The van der Waals surface area contributed by atoms with Gasteiger partial charge < -0.3 is 10.8 Å². The molecule has 0 radical (unpaired) electrons. The summed E-state index contributed by atoms with van der Waals surface area (Å²) in [7, 11) is 0. The third-order valence-corrected chi connectivity index (χ3v) is 4.10. The van der Waals surface area contributed by atoms with E-state index in [4.69, 9.17) is 17.3 Å². The molecule has 7 heteroatoms. The molecule has 0 bridgehead atoms. The van der Waals surface area contributed by atoms with Gasteiger partial charge in [0.2, 0.25) is 0 Å². The Kier molecular flexibility index (Phi) is 3.87. The van der Waals surface area contributed by atoms with Crippen molar-refractivity contribution in [2.24, 2.45) is 0 Å². The number of nitrogen functional groups attached to an aromatic ring is 1. The SMILES string of the molecule is Cc1n[nH]c(C)c1-c1cc(-c2ccc(O)c(Cl)c2)c(C#N)c(N)n1. The summed E-state index contributed by atoms with van der Waals surface area (Å²) in [6.45, 7) is 3.76. The van der Waals surface area contributed by atoms with Crippen LogP contribution >= 0.6 is 11.6 Å². The van der Waals surface area contributed by atoms with Crippen LogP contribution in [-0.2, 0) is 0 Å². The number of phenolic OH excluding ortho intramolecular Hbond substituents is 1. The van der Waals surface area contributed by atoms with E-state index in [9.17, 15) is 10.4 Å². The Hall–Kier alpha value is -3.04. The van der Waals surface area contributed by atoms with Gasteiger partial charge in [0.25, 0.3) is 0 Å². The first-order valence-corrected chi connectivity index (χ1v) is 7.51. The summed E-state index contributed by atoms with van der Waals surface area (Å²) in [5, 5.41) is 26.3. The predicted molar refractivity (Wildman–Crippen MR) is 92.5 cm³/mol. The average Bonchev–Trinajstić information content (AvgIpc) is 2.88. The zero-order chi connectivity index (χ0) is 17.4. The fourth-order valence-corrected chi connectivity index (χ4v) is 2.82. The van der Waals surface area contributed by atoms with Crippen LogP contribution in [0.1, 0.15) is 17.0 Å². The standard InChI is InChI=1S/C17H14ClN5O/c1-8-16(9(2)23-22-8)14-6-11(12(7-19)17(20)21-14)10-3-4-15(24)13(18)5-10/h3-6,24H,1-2H3,(H2,20,21)(H,22,23). The third kappa shape index (κ3) is 2.55. The first kappa shape index (κ1) is 15.8. The quantitative estimate of drug-likeness (QED) is 0.660. The summed E-state index contributed by atoms with van der Waals surface area (Å²) in [6, 6.07) is 8.60. The van der Waals surface area contributed by atoms with Gasteiger partial charge in [-0.25, -0.2) is 4.98 Å². The molecular formula is C17H14ClN5O. The number of benzene rings is 1. The fourth-order valence-electron chi connectivity index (χ4n) is 2.64. The lowest BCUT2D eigenvalue weighted by Crippen LogP contribution is -2.00. The number of H-pyrrole nitrogens is 1. The highest BCUT2D eigenvalue weighted by Crippen LogP contribution is 2.35. The van der Waals surface area contributed by atoms with Crippen LogP contribution in [0.25, 0.3) is 22.4 Å². The van der Waals surface area contributed by atoms with E-state index in [1.807, 2.05) is 13.8 Å². The molecule has 0 aliphatic rings. The largest absolute Gasteiger partial charge is 0.506 e. The van der Waals surface area contributed by atoms with Crippen LogP contribution in [0.15, 0.2) is 24.3 Å². The Morgan fingerprint density at radius 2 is 2.04 bits per heavy atom. The normalized spacial score (nSPS) is 10.6. The number of aromatic hydroxyl groups is 1. The Labute approximate surface area is 143 Å². The van der Waals surface area contributed by atoms with Gasteiger partial charge in [-0.15, -0.1) is 0 Å². The zero-order valence-corrected chi connectivity index (χ0v) is 13.8. The van der Waals surface area contributed by atoms with E-state index in [0.29, 0.717) is 16.8 Å². The number of phenols is 1. The molecule has 1 aromatic carbocycles. The van der Waals surface area contributed by atoms with Crippen LogP contribution in [0, 0.1) is 25.2 Å². The topological polar surface area (TPSA) is 112 Å². The second-order valence-electron chi connectivity index (χ2n) is 5.40. The highest BCUT2D eigenvalue weighted by Gasteiger charge is 2.17. The van der Waals surface area contributed by atoms with Gasteiger partial charge in [0.1, 0.15) is 23.2 Å². The van der Waals surface area contributed by atoms with Gasteiger partial charge in [0, 0.05) is 16.8 Å². The molecule has 24 heavy (non-hydrogen) atoms. The van der Waals surface area contributed by atoms with Gasteiger partial charge in [-0.3, -0.25) is 5.10 Å². The lowest BCUT2D eigenvalue weighted by molar-refractivity contribution is 0.475. The van der Waals surface area contributed by atoms with Crippen molar-refractivity contribution in [1.29, 1.82) is 5.26 Å². The number of aryl methyl sites for hydroxylation is 2. The van der Waals surface area contributed by atoms with Crippen LogP contribution in [0.2, 0.25) is 5.02 Å². The molecule has 0 unspecified atom stereocenters. The number of nitrogens with zero attached hydrogens (tertiary/aromatic N) is 3. The van der Waals surface area contributed by atoms with Crippen molar-refractivity contribution in [3.05, 3.63) is 46.2 Å². The highest BCUT2D eigenvalue weighted by atomic mass is 35.5. The maximum absolute atomic E-state index is 9.60. The Bertz CT molecular complexity index is 968. The Morgan fingerprint density at radius 1 is 1.29 bits per heavy atom. The van der Waals surface area contributed by atoms with Crippen LogP contribution in [0.5, 0.6) is 5.75 Å². The number of nitrogens with one attached hydrogen (secondary N) is 1. The number of halogens is 1. The molecule has 2 heterocycles. The van der Waals surface area contributed by atoms with E-state index in [2.05, 4.69) is 21.3 Å². The van der Waals surface area contributed by atoms with E-state index in [1.54, 1.807) is 18.2 Å². The molecule has 0 atom stereocenters. The molecule has 0 fully saturated rings. The molecule has 0 aliphatic carbocycles. The molecule has 0 spiro atoms. The summed E-state index contributed by atoms with van der Waals surface area (Å²) in [6.07, 6.45) is 0. The van der Waals surface area contributed by atoms with Crippen LogP contribution in [0.3, 0.4) is 0 Å². The van der Waals surface area contributed by atoms with Crippen molar-refractivity contribution in [3.63, 3.8) is 0 Å². The highest BCUT2D eigenvalue weighted by molar-refractivity contribution is 6.32. The van der Waals surface area contributed by atoms with E-state index in [0.717, 1.165) is 17.0 Å². The van der Waals surface area contributed by atoms with Crippen molar-refractivity contribution in [2.45, 2.75) is 13.8 Å². The van der Waals surface area contributed by atoms with Crippen molar-refractivity contribution < 1.29 is 5.11 Å². The summed E-state index contributed by atoms with van der Waals surface area (Å²) < 4.78 is 0. The Morgan fingerprint density at radius 3 is 2.62 bits per heavy atom. The lowest BCUT2D eigenvalue weighted by Gasteiger charge is -2.11. The monoisotopic (exact) mass is 339 g/mol. The molecule has 4 N–H and O–H groups in total. The smallest absolute Gasteiger partial charge is 0.142 e. The maximum Gasteiger partial charge on any atom is 0.142 e. The number of hydrogen-bond donors (Lipinski definition) is 3. The number of hydrogen-bond acceptors (Lipinski definition) is 5. The minimum atomic E-state index is -0.0253. The summed E-state index contributed by atoms with van der Waals surface area (Å²) in [5.74, 6) is 0.108. The molecule has 3 rings (SSSR count). The second-order valence-corrected chi connectivity index (χ2v) is 5.81. The number of rotatable bonds is 2. The molecule has 0 amide bonds. The van der Waals surface area contributed by atoms with Gasteiger partial charge in [-0.2, -0.15) is 10.4 Å². The van der Waals surface area contributed by atoms with E-state index >= 15 is 0 Å². The average molecular weight is 340 g/mol. The van der Waals surface area contributed by atoms with E-state index in [-0.39, 0.29) is 22.2 Å². The van der Waals surface area contributed by atoms with Crippen molar-refractivity contribution in [2.75, 3.05) is 5.73 Å². The molecule has 120 valence electrons. The van der Waals surface area contributed by atoms with Gasteiger partial charge in [-0.05, 0) is 37.6 Å². The van der Waals surface area contributed by atoms with Gasteiger partial charge in [0.15, 0.2) is 0 Å². The zero-order valence-electron chi connectivity index (χ0n) is 13.1. The number of pyridine rings is 1. The van der Waals surface area contributed by atoms with Crippen LogP contribution in [-0.4, -0.2) is 20.3 Å². The summed E-state index contributed by atoms with van der Waals surface area (Å²) in [5.41, 5.74) is 10.6. The number of anilines is 1. The number of aromatic amines is 1. The number of nitrogens with two attached hydrogens (primary N) is 1. The van der Waals surface area contributed by atoms with Crippen LogP contribution < -0.4 is 5.73 Å². The molecule has 0 saturated carbocycles. The summed E-state index contributed by atoms with van der Waals surface area (Å²) in [4.78, 5) is 4.35. The van der Waals surface area contributed by atoms with Crippen LogP contribution in [0.4, 0.5) is 5.82 Å². The van der Waals surface area contributed by atoms with Crippen molar-refractivity contribution in [1.82, 2.24) is 15.2 Å². The van der Waals surface area contributed by atoms with E-state index < -0.39 is 0 Å². The second kappa shape index (κ2) is 5.87. The molecule has 3 aromatic rings. The molecule has 2 aromatic heterocycles. The first-order chi connectivity index (χ1) is 11.4. The lowest BCUT2D eigenvalue weighted by atomic mass is 9.98. The predicted octanol–water partition coefficient (Wildman–Crippen LogP) is 3.57. The van der Waals surface area contributed by atoms with Crippen molar-refractivity contribution >= 4 is 17.4 Å². The van der Waals surface area contributed by atoms with Gasteiger partial charge >= 0.3 is 0 Å². The maximum atomic E-state index is 9.60. The molecule has 6 nitrogen and oxygen atoms in total. The minimum absolute atomic E-state index is 0.0253. The molecule has 0 aliphatic heterocycles. The minimum Gasteiger partial charge on any atom is -0.506 e. The van der Waals surface area contributed by atoms with Gasteiger partial charge in [-0.1, -0.05) is 17.7 Å². The fraction of sp³-hybridized carbons (Fsp3) is 0.118. The molecule has 0 saturated heterocycles. The van der Waals surface area contributed by atoms with Gasteiger partial charge in [0.05, 0.1) is 16.4 Å². The summed E-state index contributed by atoms with van der Waals surface area (Å²) >= 11 is 5.99.